The van der Waals surface area contributed by atoms with Gasteiger partial charge in [-0.25, -0.2) is 0 Å². The third-order valence-corrected chi connectivity index (χ3v) is 11.4. The first-order valence-corrected chi connectivity index (χ1v) is 19.9. The predicted molar refractivity (Wildman–Crippen MR) is 214 cm³/mol. The Morgan fingerprint density at radius 1 is 0.608 bits per heavy atom. The molecule has 51 heavy (non-hydrogen) atoms. The number of hydrogen-bond donors (Lipinski definition) is 1. The normalized spacial score (nSPS) is 19.9. The van der Waals surface area contributed by atoms with E-state index < -0.39 is 0 Å². The lowest BCUT2D eigenvalue weighted by molar-refractivity contribution is -0.130. The number of nitrogens with one attached hydrogen (secondary N) is 1. The lowest BCUT2D eigenvalue weighted by Gasteiger charge is -2.40. The number of amides is 1. The van der Waals surface area contributed by atoms with Crippen LogP contribution in [0.15, 0.2) is 59.7 Å². The highest BCUT2D eigenvalue weighted by Crippen LogP contribution is 2.31. The fraction of sp³-hybridized carbons (Fsp3) is 0.614. The molecule has 4 aliphatic heterocycles. The van der Waals surface area contributed by atoms with Gasteiger partial charge in [-0.1, -0.05) is 35.4 Å². The summed E-state index contributed by atoms with van der Waals surface area (Å²) >= 11 is 0. The molecule has 4 fully saturated rings. The van der Waals surface area contributed by atoms with Crippen molar-refractivity contribution in [1.82, 2.24) is 20.0 Å². The molecule has 7 nitrogen and oxygen atoms in total. The van der Waals surface area contributed by atoms with E-state index in [1.54, 1.807) is 18.1 Å². The number of benzene rings is 2. The van der Waals surface area contributed by atoms with Crippen molar-refractivity contribution in [2.45, 2.75) is 124 Å². The number of piperidine rings is 4. The summed E-state index contributed by atoms with van der Waals surface area (Å²) < 4.78 is 11.5. The maximum absolute atomic E-state index is 11.5. The van der Waals surface area contributed by atoms with Crippen molar-refractivity contribution >= 4 is 17.1 Å². The van der Waals surface area contributed by atoms with Gasteiger partial charge in [0, 0.05) is 59.7 Å². The van der Waals surface area contributed by atoms with E-state index >= 15 is 0 Å². The second-order valence-electron chi connectivity index (χ2n) is 15.6. The zero-order valence-corrected chi connectivity index (χ0v) is 32.8. The van der Waals surface area contributed by atoms with Crippen molar-refractivity contribution in [2.24, 2.45) is 0 Å². The Labute approximate surface area is 310 Å². The molecule has 0 atom stereocenters. The zero-order valence-electron chi connectivity index (χ0n) is 32.8. The van der Waals surface area contributed by atoms with Crippen LogP contribution >= 0.6 is 0 Å². The summed E-state index contributed by atoms with van der Waals surface area (Å²) in [6, 6.07) is 18.6. The molecule has 0 radical (unpaired) electrons. The predicted octanol–water partition coefficient (Wildman–Crippen LogP) is 8.70. The van der Waals surface area contributed by atoms with Crippen LogP contribution in [-0.4, -0.2) is 97.3 Å². The molecule has 0 aliphatic carbocycles. The summed E-state index contributed by atoms with van der Waals surface area (Å²) in [4.78, 5) is 18.9. The highest BCUT2D eigenvalue weighted by Gasteiger charge is 2.28. The molecule has 0 aromatic heterocycles. The Morgan fingerprint density at radius 3 is 1.33 bits per heavy atom. The van der Waals surface area contributed by atoms with Crippen LogP contribution in [0, 0.1) is 0 Å². The molecule has 0 bridgehead atoms. The second kappa shape index (κ2) is 19.1. The maximum atomic E-state index is 11.5. The quantitative estimate of drug-likeness (QED) is 0.298. The first-order valence-electron chi connectivity index (χ1n) is 19.9. The number of hydrogen-bond acceptors (Lipinski definition) is 6. The summed E-state index contributed by atoms with van der Waals surface area (Å²) in [7, 11) is 0. The molecular weight excluding hydrogens is 633 g/mol. The van der Waals surface area contributed by atoms with Gasteiger partial charge in [0.15, 0.2) is 0 Å². The van der Waals surface area contributed by atoms with Crippen molar-refractivity contribution in [3.63, 3.8) is 0 Å². The molecule has 2 aromatic rings. The molecule has 0 spiro atoms. The van der Waals surface area contributed by atoms with Crippen molar-refractivity contribution < 1.29 is 15.7 Å². The number of likely N-dealkylation sites (tertiary alicyclic amines) is 3. The largest absolute Gasteiger partial charge is 0.491 e. The SMILES string of the molecule is CC(=C1CCN(C2CCNCC2)CC1)c1ccc(OC(C)C)cc1.CC(=O)N1CCC(N2CCC(=C(C)c3ccc(OC(C)C)cc3)CC2)CC1.[HH]. The summed E-state index contributed by atoms with van der Waals surface area (Å²) in [6.45, 7) is 23.4. The average molecular weight is 701 g/mol. The minimum absolute atomic E-state index is 0. The monoisotopic (exact) mass is 701 g/mol. The number of ether oxygens (including phenoxy) is 2. The van der Waals surface area contributed by atoms with Crippen molar-refractivity contribution in [3.8, 4) is 11.5 Å². The molecule has 6 rings (SSSR count). The van der Waals surface area contributed by atoms with Crippen LogP contribution in [0.3, 0.4) is 0 Å². The van der Waals surface area contributed by atoms with Gasteiger partial charge in [-0.3, -0.25) is 14.6 Å². The minimum Gasteiger partial charge on any atom is -0.491 e. The van der Waals surface area contributed by atoms with E-state index in [0.29, 0.717) is 6.04 Å². The van der Waals surface area contributed by atoms with Crippen LogP contribution in [0.2, 0.25) is 0 Å². The van der Waals surface area contributed by atoms with E-state index in [2.05, 4.69) is 105 Å². The van der Waals surface area contributed by atoms with Crippen LogP contribution < -0.4 is 14.8 Å². The molecule has 0 unspecified atom stereocenters. The molecule has 4 saturated heterocycles. The summed E-state index contributed by atoms with van der Waals surface area (Å²) in [5, 5.41) is 3.47. The van der Waals surface area contributed by atoms with E-state index in [1.165, 1.54) is 74.1 Å². The van der Waals surface area contributed by atoms with E-state index in [1.807, 2.05) is 4.90 Å². The molecule has 0 saturated carbocycles. The number of carbonyl (C=O) groups is 1. The number of nitrogens with zero attached hydrogens (tertiary/aromatic N) is 3. The van der Waals surface area contributed by atoms with Crippen molar-refractivity contribution in [2.75, 3.05) is 52.4 Å². The first kappa shape index (κ1) is 39.1. The Morgan fingerprint density at radius 2 is 0.980 bits per heavy atom. The smallest absolute Gasteiger partial charge is 0.219 e. The third-order valence-electron chi connectivity index (χ3n) is 11.4. The molecule has 4 heterocycles. The molecule has 282 valence electrons. The topological polar surface area (TPSA) is 57.3 Å². The minimum atomic E-state index is 0. The molecular formula is C44H68N4O3. The zero-order chi connectivity index (χ0) is 36.3. The van der Waals surface area contributed by atoms with Gasteiger partial charge in [0.2, 0.25) is 5.91 Å². The van der Waals surface area contributed by atoms with E-state index in [0.717, 1.165) is 69.4 Å². The number of allylic oxidation sites excluding steroid dienone is 2. The fourth-order valence-corrected chi connectivity index (χ4v) is 8.31. The molecule has 1 N–H and O–H groups in total. The number of carbonyl (C=O) groups excluding carboxylic acids is 1. The highest BCUT2D eigenvalue weighted by molar-refractivity contribution is 5.73. The van der Waals surface area contributed by atoms with E-state index in [-0.39, 0.29) is 19.5 Å². The van der Waals surface area contributed by atoms with Crippen LogP contribution in [0.25, 0.3) is 11.1 Å². The lowest BCUT2D eigenvalue weighted by Crippen LogP contribution is -2.48. The summed E-state index contributed by atoms with van der Waals surface area (Å²) in [5.74, 6) is 2.13. The average Bonchev–Trinajstić information content (AvgIpc) is 3.15. The fourth-order valence-electron chi connectivity index (χ4n) is 8.31. The van der Waals surface area contributed by atoms with Gasteiger partial charge in [-0.2, -0.15) is 0 Å². The van der Waals surface area contributed by atoms with Gasteiger partial charge < -0.3 is 19.7 Å². The van der Waals surface area contributed by atoms with Crippen molar-refractivity contribution in [1.29, 1.82) is 0 Å². The molecule has 7 heteroatoms. The Balaban J connectivity index is 0.000000230. The van der Waals surface area contributed by atoms with Gasteiger partial charge in [0.1, 0.15) is 11.5 Å². The summed E-state index contributed by atoms with van der Waals surface area (Å²) in [5.41, 5.74) is 8.77. The van der Waals surface area contributed by atoms with E-state index in [9.17, 15) is 4.79 Å². The van der Waals surface area contributed by atoms with Gasteiger partial charge in [-0.15, -0.1) is 0 Å². The molecule has 1 amide bonds. The second-order valence-corrected chi connectivity index (χ2v) is 15.6. The summed E-state index contributed by atoms with van der Waals surface area (Å²) in [6.07, 6.45) is 10.1. The van der Waals surface area contributed by atoms with Gasteiger partial charge in [0.05, 0.1) is 12.2 Å². The lowest BCUT2D eigenvalue weighted by atomic mass is 9.92. The Kier molecular flexibility index (Phi) is 14.6. The maximum Gasteiger partial charge on any atom is 0.219 e. The molecule has 2 aromatic carbocycles. The van der Waals surface area contributed by atoms with Gasteiger partial charge >= 0.3 is 0 Å². The van der Waals surface area contributed by atoms with Crippen molar-refractivity contribution in [3.05, 3.63) is 70.8 Å². The van der Waals surface area contributed by atoms with Crippen LogP contribution in [0.1, 0.15) is 112 Å². The van der Waals surface area contributed by atoms with Crippen LogP contribution in [0.5, 0.6) is 11.5 Å². The Hall–Kier alpha value is -3.13. The molecule has 4 aliphatic rings. The third kappa shape index (κ3) is 11.4. The van der Waals surface area contributed by atoms with Crippen LogP contribution in [0.4, 0.5) is 0 Å². The van der Waals surface area contributed by atoms with Gasteiger partial charge in [0.25, 0.3) is 0 Å². The number of rotatable bonds is 8. The standard InChI is InChI=1S/C23H34N2O2.C21H32N2O.H2/c1-17(2)27-23-7-5-20(6-8-23)18(3)21-9-13-25(14-10-21)22-11-15-24(16-12-22)19(4)26;1-16(2)24-21-6-4-18(5-7-21)17(3)19-10-14-23(15-11-19)20-8-12-22-13-9-20;/h5-8,17,22H,9-16H2,1-4H3;4-7,16,20,22H,8-15H2,1-3H3;1H. The first-order chi connectivity index (χ1) is 24.6. The van der Waals surface area contributed by atoms with Crippen LogP contribution in [-0.2, 0) is 4.79 Å². The van der Waals surface area contributed by atoms with E-state index in [4.69, 9.17) is 9.47 Å². The highest BCUT2D eigenvalue weighted by atomic mass is 16.5. The van der Waals surface area contributed by atoms with Gasteiger partial charge in [-0.05, 0) is 153 Å². The Bertz CT molecular complexity index is 1440.